The van der Waals surface area contributed by atoms with Crippen molar-refractivity contribution in [2.75, 3.05) is 0 Å². The van der Waals surface area contributed by atoms with E-state index in [0.717, 1.165) is 50.2 Å². The van der Waals surface area contributed by atoms with E-state index in [4.69, 9.17) is 37.3 Å². The molecule has 0 N–H and O–H groups in total. The Bertz CT molecular complexity index is 1170. The summed E-state index contributed by atoms with van der Waals surface area (Å²) in [6.45, 7) is 21.3. The monoisotopic (exact) mass is 513 g/mol. The highest BCUT2D eigenvalue weighted by Crippen LogP contribution is 2.49. The molecule has 0 aliphatic heterocycles. The fraction of sp³-hybridized carbons (Fsp3) is 0.433. The summed E-state index contributed by atoms with van der Waals surface area (Å²) in [6, 6.07) is 10.8. The summed E-state index contributed by atoms with van der Waals surface area (Å²) < 4.78 is 11.3. The van der Waals surface area contributed by atoms with Gasteiger partial charge in [-0.15, -0.1) is 0 Å². The number of aromatic nitrogens is 1. The normalized spacial score (nSPS) is 12.3. The van der Waals surface area contributed by atoms with Crippen molar-refractivity contribution in [3.8, 4) is 11.5 Å². The van der Waals surface area contributed by atoms with Crippen LogP contribution in [0.5, 0.6) is 11.5 Å². The van der Waals surface area contributed by atoms with E-state index in [2.05, 4.69) is 92.6 Å². The van der Waals surface area contributed by atoms with Crippen molar-refractivity contribution in [3.63, 3.8) is 0 Å². The summed E-state index contributed by atoms with van der Waals surface area (Å²) in [5.74, 6) is 1.07. The Morgan fingerprint density at radius 3 is 1.40 bits per heavy atom. The zero-order valence-electron chi connectivity index (χ0n) is 22.6. The van der Waals surface area contributed by atoms with E-state index in [1.165, 1.54) is 0 Å². The second-order valence-corrected chi connectivity index (χ2v) is 12.0. The maximum absolute atomic E-state index is 6.22. The summed E-state index contributed by atoms with van der Waals surface area (Å²) in [5, 5.41) is 0. The number of benzene rings is 2. The van der Waals surface area contributed by atoms with Gasteiger partial charge in [-0.1, -0.05) is 83.0 Å². The molecular formula is C30H37Cl2NO2. The molecule has 2 aromatic carbocycles. The molecule has 0 fully saturated rings. The van der Waals surface area contributed by atoms with Crippen molar-refractivity contribution < 1.29 is 8.58 Å². The minimum atomic E-state index is -0.258. The zero-order chi connectivity index (χ0) is 26.3. The van der Waals surface area contributed by atoms with Crippen molar-refractivity contribution in [2.45, 2.75) is 86.0 Å². The highest BCUT2D eigenvalue weighted by molar-refractivity contribution is 6.09. The molecule has 0 atom stereocenters. The van der Waals surface area contributed by atoms with Gasteiger partial charge in [0.25, 0.3) is 0 Å². The molecule has 188 valence electrons. The molecule has 0 unspecified atom stereocenters. The van der Waals surface area contributed by atoms with Crippen LogP contribution in [0.25, 0.3) is 0 Å². The number of hydrogen-bond acceptors (Lipinski definition) is 3. The third-order valence-corrected chi connectivity index (χ3v) is 6.80. The predicted molar refractivity (Wildman–Crippen MR) is 147 cm³/mol. The smallest absolute Gasteiger partial charge is 0.154 e. The van der Waals surface area contributed by atoms with Gasteiger partial charge in [0.05, 0.1) is 0 Å². The van der Waals surface area contributed by atoms with Crippen molar-refractivity contribution >= 4 is 23.7 Å². The van der Waals surface area contributed by atoms with Gasteiger partial charge in [0, 0.05) is 40.1 Å². The van der Waals surface area contributed by atoms with E-state index in [9.17, 15) is 0 Å². The molecule has 35 heavy (non-hydrogen) atoms. The number of pyridine rings is 1. The molecule has 3 aromatic rings. The van der Waals surface area contributed by atoms with Crippen LogP contribution in [-0.4, -0.2) is 4.98 Å². The number of rotatable bonds is 5. The van der Waals surface area contributed by atoms with Gasteiger partial charge < -0.3 is 8.58 Å². The molecule has 3 nitrogen and oxygen atoms in total. The average molecular weight is 515 g/mol. The van der Waals surface area contributed by atoms with Crippen LogP contribution >= 0.6 is 23.7 Å². The highest BCUT2D eigenvalue weighted by atomic mass is 35.5. The molecular weight excluding hydrogens is 477 g/mol. The zero-order valence-corrected chi connectivity index (χ0v) is 24.1. The highest BCUT2D eigenvalue weighted by Gasteiger charge is 2.33. The molecule has 0 aliphatic rings. The summed E-state index contributed by atoms with van der Waals surface area (Å²) in [4.78, 5) is 4.70. The number of hydrogen-bond donors (Lipinski definition) is 0. The topological polar surface area (TPSA) is 31.4 Å². The average Bonchev–Trinajstić information content (AvgIpc) is 2.74. The maximum Gasteiger partial charge on any atom is 0.154 e. The third kappa shape index (κ3) is 5.62. The Morgan fingerprint density at radius 2 is 1.03 bits per heavy atom. The molecule has 3 rings (SSSR count). The van der Waals surface area contributed by atoms with E-state index in [1.54, 1.807) is 0 Å². The Balaban J connectivity index is 2.54. The van der Waals surface area contributed by atoms with E-state index in [-0.39, 0.29) is 16.7 Å². The van der Waals surface area contributed by atoms with E-state index >= 15 is 0 Å². The lowest BCUT2D eigenvalue weighted by Gasteiger charge is -2.30. The summed E-state index contributed by atoms with van der Waals surface area (Å²) >= 11 is 12.4. The first-order valence-corrected chi connectivity index (χ1v) is 12.6. The van der Waals surface area contributed by atoms with E-state index < -0.39 is 0 Å². The summed E-state index contributed by atoms with van der Waals surface area (Å²) in [6.07, 6.45) is 1.89. The molecule has 0 bridgehead atoms. The van der Waals surface area contributed by atoms with Gasteiger partial charge in [-0.2, -0.15) is 0 Å². The van der Waals surface area contributed by atoms with Crippen molar-refractivity contribution in [1.29, 1.82) is 0 Å². The Kier molecular flexibility index (Phi) is 7.84. The largest absolute Gasteiger partial charge is 0.385 e. The first-order chi connectivity index (χ1) is 16.2. The SMILES string of the molecule is Cc1cnc(C)c(C(c2cc(C)cc(C(C)(C)C)c2OCl)c2cc(C)cc(C(C)(C)C)c2OCl)c1. The Labute approximate surface area is 221 Å². The van der Waals surface area contributed by atoms with Crippen LogP contribution in [0.3, 0.4) is 0 Å². The molecule has 0 aliphatic carbocycles. The van der Waals surface area contributed by atoms with Gasteiger partial charge >= 0.3 is 0 Å². The third-order valence-electron chi connectivity index (χ3n) is 6.49. The standard InChI is InChI=1S/C30H37Cl2NO2/c1-17-11-22(27(34-31)24(14-17)29(5,6)7)26(21-13-19(3)16-33-20(21)4)23-12-18(2)15-25(28(23)35-32)30(8,9)10/h11-16,26H,1-10H3. The van der Waals surface area contributed by atoms with Crippen molar-refractivity contribution in [3.05, 3.63) is 86.7 Å². The number of aryl methyl sites for hydroxylation is 4. The van der Waals surface area contributed by atoms with Gasteiger partial charge in [0.2, 0.25) is 0 Å². The maximum atomic E-state index is 6.22. The molecule has 0 amide bonds. The first kappa shape index (κ1) is 27.4. The van der Waals surface area contributed by atoms with Gasteiger partial charge in [-0.05, 0) is 49.7 Å². The van der Waals surface area contributed by atoms with Crippen LogP contribution in [0.15, 0.2) is 36.5 Å². The Hall–Kier alpha value is -2.23. The molecule has 1 heterocycles. The van der Waals surface area contributed by atoms with Crippen molar-refractivity contribution in [2.24, 2.45) is 0 Å². The molecule has 0 saturated carbocycles. The lowest BCUT2D eigenvalue weighted by atomic mass is 9.75. The summed E-state index contributed by atoms with van der Waals surface area (Å²) in [7, 11) is 0. The van der Waals surface area contributed by atoms with Gasteiger partial charge in [0.1, 0.15) is 23.7 Å². The van der Waals surface area contributed by atoms with Gasteiger partial charge in [0.15, 0.2) is 11.5 Å². The first-order valence-electron chi connectivity index (χ1n) is 12.0. The van der Waals surface area contributed by atoms with Crippen LogP contribution in [0.2, 0.25) is 0 Å². The molecule has 0 saturated heterocycles. The fourth-order valence-electron chi connectivity index (χ4n) is 4.77. The van der Waals surface area contributed by atoms with Gasteiger partial charge in [-0.3, -0.25) is 4.98 Å². The molecule has 0 spiro atoms. The minimum absolute atomic E-state index is 0.176. The molecule has 1 aromatic heterocycles. The second kappa shape index (κ2) is 10.0. The molecule has 0 radical (unpaired) electrons. The van der Waals surface area contributed by atoms with Gasteiger partial charge in [-0.25, -0.2) is 0 Å². The van der Waals surface area contributed by atoms with Crippen LogP contribution in [0, 0.1) is 27.7 Å². The summed E-state index contributed by atoms with van der Waals surface area (Å²) in [5.41, 5.74) is 8.97. The van der Waals surface area contributed by atoms with Crippen LogP contribution in [0.4, 0.5) is 0 Å². The minimum Gasteiger partial charge on any atom is -0.385 e. The number of halogens is 2. The molecule has 5 heteroatoms. The van der Waals surface area contributed by atoms with Crippen LogP contribution in [-0.2, 0) is 10.8 Å². The predicted octanol–water partition coefficient (Wildman–Crippen LogP) is 9.16. The van der Waals surface area contributed by atoms with E-state index in [0.29, 0.717) is 11.5 Å². The van der Waals surface area contributed by atoms with Crippen molar-refractivity contribution in [1.82, 2.24) is 4.98 Å². The lowest BCUT2D eigenvalue weighted by Crippen LogP contribution is -2.18. The lowest BCUT2D eigenvalue weighted by molar-refractivity contribution is 0.522. The van der Waals surface area contributed by atoms with E-state index in [1.807, 2.05) is 13.1 Å². The Morgan fingerprint density at radius 1 is 0.629 bits per heavy atom. The van der Waals surface area contributed by atoms with Crippen LogP contribution < -0.4 is 8.58 Å². The van der Waals surface area contributed by atoms with Crippen LogP contribution in [0.1, 0.15) is 97.7 Å². The fourth-order valence-corrected chi connectivity index (χ4v) is 5.12. The second-order valence-electron chi connectivity index (χ2n) is 11.7. The number of nitrogens with zero attached hydrogens (tertiary/aromatic N) is 1. The quantitative estimate of drug-likeness (QED) is 0.340.